The van der Waals surface area contributed by atoms with Crippen LogP contribution < -0.4 is 10.6 Å². The molecule has 1 saturated carbocycles. The molecule has 146 valence electrons. The Balaban J connectivity index is 1.64. The van der Waals surface area contributed by atoms with Gasteiger partial charge in [0.25, 0.3) is 0 Å². The zero-order valence-corrected chi connectivity index (χ0v) is 15.0. The Morgan fingerprint density at radius 2 is 2.07 bits per heavy atom. The van der Waals surface area contributed by atoms with Gasteiger partial charge in [0.2, 0.25) is 5.91 Å². The van der Waals surface area contributed by atoms with Crippen LogP contribution in [0.25, 0.3) is 11.2 Å². The monoisotopic (exact) mass is 376 g/mol. The Kier molecular flexibility index (Phi) is 4.70. The molecule has 1 saturated heterocycles. The lowest BCUT2D eigenvalue weighted by Crippen LogP contribution is -2.48. The van der Waals surface area contributed by atoms with Crippen LogP contribution in [0.4, 0.5) is 5.82 Å². The Bertz CT molecular complexity index is 828. The highest BCUT2D eigenvalue weighted by atomic mass is 16.5. The molecular weight excluding hydrogens is 352 g/mol. The van der Waals surface area contributed by atoms with Crippen LogP contribution in [-0.2, 0) is 9.53 Å². The number of morpholine rings is 1. The van der Waals surface area contributed by atoms with Crippen molar-refractivity contribution in [3.8, 4) is 0 Å². The number of rotatable bonds is 6. The molecule has 1 aliphatic heterocycles. The molecule has 1 atom stereocenters. The molecule has 1 unspecified atom stereocenters. The summed E-state index contributed by atoms with van der Waals surface area (Å²) in [6.07, 6.45) is 4.76. The molecule has 10 heteroatoms. The summed E-state index contributed by atoms with van der Waals surface area (Å²) < 4.78 is 7.48. The molecule has 0 radical (unpaired) electrons. The minimum absolute atomic E-state index is 0.0323. The van der Waals surface area contributed by atoms with Gasteiger partial charge in [-0.3, -0.25) is 4.79 Å². The lowest BCUT2D eigenvalue weighted by Gasteiger charge is -2.45. The predicted molar refractivity (Wildman–Crippen MR) is 96.0 cm³/mol. The average Bonchev–Trinajstić information content (AvgIpc) is 3.06. The van der Waals surface area contributed by atoms with Crippen molar-refractivity contribution in [2.24, 2.45) is 11.1 Å². The van der Waals surface area contributed by atoms with E-state index in [0.717, 1.165) is 0 Å². The number of hydrogen-bond donors (Lipinski definition) is 3. The molecule has 1 aliphatic carbocycles. The van der Waals surface area contributed by atoms with Gasteiger partial charge in [-0.05, 0) is 12.8 Å². The van der Waals surface area contributed by atoms with E-state index >= 15 is 0 Å². The summed E-state index contributed by atoms with van der Waals surface area (Å²) in [6, 6.07) is -0.0530. The summed E-state index contributed by atoms with van der Waals surface area (Å²) in [5.41, 5.74) is 6.33. The summed E-state index contributed by atoms with van der Waals surface area (Å²) >= 11 is 0. The third-order valence-electron chi connectivity index (χ3n) is 5.68. The molecule has 2 fully saturated rings. The highest BCUT2D eigenvalue weighted by molar-refractivity contribution is 5.84. The first-order chi connectivity index (χ1) is 13.1. The molecule has 1 amide bonds. The second kappa shape index (κ2) is 7.02. The topological polar surface area (TPSA) is 140 Å². The Morgan fingerprint density at radius 1 is 1.30 bits per heavy atom. The fourth-order valence-corrected chi connectivity index (χ4v) is 4.10. The van der Waals surface area contributed by atoms with E-state index in [4.69, 9.17) is 10.5 Å². The molecule has 2 aromatic rings. The van der Waals surface area contributed by atoms with Crippen molar-refractivity contribution < 1.29 is 19.7 Å². The molecule has 0 spiro atoms. The molecule has 2 aromatic heterocycles. The van der Waals surface area contributed by atoms with E-state index in [9.17, 15) is 15.0 Å². The normalized spacial score (nSPS) is 22.7. The third kappa shape index (κ3) is 3.13. The summed E-state index contributed by atoms with van der Waals surface area (Å²) in [5.74, 6) is 0.286. The van der Waals surface area contributed by atoms with Crippen molar-refractivity contribution in [3.05, 3.63) is 12.7 Å². The van der Waals surface area contributed by atoms with E-state index in [0.29, 0.717) is 49.6 Å². The van der Waals surface area contributed by atoms with Gasteiger partial charge in [0.05, 0.1) is 38.8 Å². The number of nitrogens with zero attached hydrogens (tertiary/aromatic N) is 5. The number of fused-ring (bicyclic) bond motifs is 1. The van der Waals surface area contributed by atoms with Crippen molar-refractivity contribution >= 4 is 22.9 Å². The minimum atomic E-state index is -0.423. The van der Waals surface area contributed by atoms with Crippen LogP contribution in [0.15, 0.2) is 12.7 Å². The molecule has 2 aliphatic rings. The number of imidazole rings is 1. The number of carbonyl (C=O) groups excluding carboxylic acids is 1. The molecule has 3 heterocycles. The van der Waals surface area contributed by atoms with Gasteiger partial charge in [0, 0.05) is 24.4 Å². The van der Waals surface area contributed by atoms with Gasteiger partial charge in [-0.2, -0.15) is 0 Å². The maximum atomic E-state index is 11.4. The van der Waals surface area contributed by atoms with Gasteiger partial charge < -0.3 is 30.2 Å². The Morgan fingerprint density at radius 3 is 2.78 bits per heavy atom. The van der Waals surface area contributed by atoms with E-state index in [1.165, 1.54) is 6.33 Å². The number of anilines is 1. The van der Waals surface area contributed by atoms with Gasteiger partial charge in [0.15, 0.2) is 17.0 Å². The quantitative estimate of drug-likeness (QED) is 0.596. The van der Waals surface area contributed by atoms with Crippen LogP contribution in [0.1, 0.15) is 25.3 Å². The number of aliphatic hydroxyl groups is 2. The first-order valence-corrected chi connectivity index (χ1v) is 9.09. The molecule has 0 bridgehead atoms. The molecule has 0 aromatic carbocycles. The number of aromatic nitrogens is 4. The van der Waals surface area contributed by atoms with Crippen molar-refractivity contribution in [1.82, 2.24) is 19.5 Å². The number of aliphatic hydroxyl groups excluding tert-OH is 2. The zero-order valence-electron chi connectivity index (χ0n) is 15.0. The van der Waals surface area contributed by atoms with Crippen LogP contribution in [0.2, 0.25) is 0 Å². The lowest BCUT2D eigenvalue weighted by atomic mass is 9.66. The highest BCUT2D eigenvalue weighted by Gasteiger charge is 2.45. The Labute approximate surface area is 156 Å². The maximum absolute atomic E-state index is 11.4. The maximum Gasteiger partial charge on any atom is 0.219 e. The van der Waals surface area contributed by atoms with Crippen LogP contribution in [0, 0.1) is 5.41 Å². The smallest absolute Gasteiger partial charge is 0.219 e. The van der Waals surface area contributed by atoms with E-state index < -0.39 is 5.41 Å². The molecule has 10 nitrogen and oxygen atoms in total. The summed E-state index contributed by atoms with van der Waals surface area (Å²) in [4.78, 5) is 26.8. The van der Waals surface area contributed by atoms with Crippen molar-refractivity contribution in [3.63, 3.8) is 0 Å². The summed E-state index contributed by atoms with van der Waals surface area (Å²) in [6.45, 7) is 1.48. The largest absolute Gasteiger partial charge is 0.396 e. The van der Waals surface area contributed by atoms with Gasteiger partial charge in [-0.25, -0.2) is 15.0 Å². The van der Waals surface area contributed by atoms with E-state index in [2.05, 4.69) is 15.0 Å². The first-order valence-electron chi connectivity index (χ1n) is 9.09. The lowest BCUT2D eigenvalue weighted by molar-refractivity contribution is -0.118. The minimum Gasteiger partial charge on any atom is -0.396 e. The number of carbonyl (C=O) groups is 1. The van der Waals surface area contributed by atoms with E-state index in [1.54, 1.807) is 6.33 Å². The van der Waals surface area contributed by atoms with Crippen LogP contribution in [-0.4, -0.2) is 74.7 Å². The fourth-order valence-electron chi connectivity index (χ4n) is 4.10. The standard InChI is InChI=1S/C17H24N6O4/c18-13(26)3-11-6-27-2-1-22(11)15-14-16(20-9-19-15)23(10-21-14)12-4-17(5-12,7-24)8-25/h9-12,24-25H,1-8H2,(H2,18,26). The van der Waals surface area contributed by atoms with Gasteiger partial charge in [0.1, 0.15) is 6.33 Å². The van der Waals surface area contributed by atoms with Crippen LogP contribution >= 0.6 is 0 Å². The average molecular weight is 376 g/mol. The van der Waals surface area contributed by atoms with Gasteiger partial charge in [-0.15, -0.1) is 0 Å². The van der Waals surface area contributed by atoms with E-state index in [1.807, 2.05) is 9.47 Å². The van der Waals surface area contributed by atoms with E-state index in [-0.39, 0.29) is 37.6 Å². The second-order valence-electron chi connectivity index (χ2n) is 7.49. The van der Waals surface area contributed by atoms with Crippen molar-refractivity contribution in [2.75, 3.05) is 37.9 Å². The van der Waals surface area contributed by atoms with Crippen molar-refractivity contribution in [2.45, 2.75) is 31.3 Å². The zero-order chi connectivity index (χ0) is 19.0. The molecule has 4 N–H and O–H groups in total. The van der Waals surface area contributed by atoms with Gasteiger partial charge >= 0.3 is 0 Å². The number of primary amides is 1. The van der Waals surface area contributed by atoms with Crippen LogP contribution in [0.5, 0.6) is 0 Å². The number of nitrogens with two attached hydrogens (primary N) is 1. The number of hydrogen-bond acceptors (Lipinski definition) is 8. The second-order valence-corrected chi connectivity index (χ2v) is 7.49. The van der Waals surface area contributed by atoms with Gasteiger partial charge in [-0.1, -0.05) is 0 Å². The first kappa shape index (κ1) is 18.1. The SMILES string of the molecule is NC(=O)CC1COCCN1c1ncnc2c1ncn2C1CC(CO)(CO)C1. The number of ether oxygens (including phenoxy) is 1. The fraction of sp³-hybridized carbons (Fsp3) is 0.647. The molecule has 4 rings (SSSR count). The summed E-state index contributed by atoms with van der Waals surface area (Å²) in [7, 11) is 0. The highest BCUT2D eigenvalue weighted by Crippen LogP contribution is 2.48. The van der Waals surface area contributed by atoms with Crippen LogP contribution in [0.3, 0.4) is 0 Å². The Hall–Kier alpha value is -2.30. The third-order valence-corrected chi connectivity index (χ3v) is 5.68. The summed E-state index contributed by atoms with van der Waals surface area (Å²) in [5, 5.41) is 19.0. The molecule has 27 heavy (non-hydrogen) atoms. The molecular formula is C17H24N6O4. The predicted octanol–water partition coefficient (Wildman–Crippen LogP) is -0.787. The number of amides is 1. The van der Waals surface area contributed by atoms with Crippen molar-refractivity contribution in [1.29, 1.82) is 0 Å².